The van der Waals surface area contributed by atoms with E-state index in [1.165, 1.54) is 12.2 Å². The van der Waals surface area contributed by atoms with E-state index < -0.39 is 17.5 Å². The van der Waals surface area contributed by atoms with Crippen LogP contribution in [0.15, 0.2) is 24.3 Å². The molecule has 0 aromatic rings. The Bertz CT molecular complexity index is 220. The molecule has 0 radical (unpaired) electrons. The van der Waals surface area contributed by atoms with Crippen molar-refractivity contribution >= 4 is 0 Å². The highest BCUT2D eigenvalue weighted by atomic mass is 19.4. The van der Waals surface area contributed by atoms with Gasteiger partial charge in [0.2, 0.25) is 0 Å². The number of alkyl halides is 3. The molecule has 0 bridgehead atoms. The summed E-state index contributed by atoms with van der Waals surface area (Å²) in [5.41, 5.74) is -0.812. The molecule has 0 amide bonds. The lowest BCUT2D eigenvalue weighted by Crippen LogP contribution is -2.34. The Morgan fingerprint density at radius 1 is 1.17 bits per heavy atom. The molecule has 1 atom stereocenters. The standard InChI is InChI=1S/C9H11F3/c1-8(2)6-4-3-5-7(8)9(10,11)12/h3-7H,1-2H3. The van der Waals surface area contributed by atoms with Crippen molar-refractivity contribution in [3.8, 4) is 0 Å². The van der Waals surface area contributed by atoms with Crippen LogP contribution in [0.25, 0.3) is 0 Å². The summed E-state index contributed by atoms with van der Waals surface area (Å²) in [6, 6.07) is 0. The van der Waals surface area contributed by atoms with Crippen LogP contribution in [0, 0.1) is 11.3 Å². The minimum atomic E-state index is -4.13. The highest BCUT2D eigenvalue weighted by molar-refractivity contribution is 5.19. The molecule has 1 rings (SSSR count). The molecule has 0 saturated carbocycles. The summed E-state index contributed by atoms with van der Waals surface area (Å²) in [4.78, 5) is 0. The van der Waals surface area contributed by atoms with Crippen LogP contribution in [0.3, 0.4) is 0 Å². The topological polar surface area (TPSA) is 0 Å². The fourth-order valence-electron chi connectivity index (χ4n) is 1.36. The van der Waals surface area contributed by atoms with Gasteiger partial charge in [0.15, 0.2) is 0 Å². The summed E-state index contributed by atoms with van der Waals surface area (Å²) >= 11 is 0. The second-order valence-corrected chi connectivity index (χ2v) is 3.58. The summed E-state index contributed by atoms with van der Waals surface area (Å²) < 4.78 is 37.1. The first-order chi connectivity index (χ1) is 5.34. The smallest absolute Gasteiger partial charge is 0.170 e. The van der Waals surface area contributed by atoms with E-state index in [1.54, 1.807) is 26.0 Å². The Labute approximate surface area is 69.8 Å². The van der Waals surface area contributed by atoms with Crippen molar-refractivity contribution < 1.29 is 13.2 Å². The van der Waals surface area contributed by atoms with Gasteiger partial charge in [-0.3, -0.25) is 0 Å². The fourth-order valence-corrected chi connectivity index (χ4v) is 1.36. The quantitative estimate of drug-likeness (QED) is 0.531. The van der Waals surface area contributed by atoms with Gasteiger partial charge in [0.25, 0.3) is 0 Å². The van der Waals surface area contributed by atoms with E-state index in [-0.39, 0.29) is 0 Å². The Morgan fingerprint density at radius 2 is 1.75 bits per heavy atom. The van der Waals surface area contributed by atoms with E-state index in [1.807, 2.05) is 0 Å². The molecule has 3 heteroatoms. The second-order valence-electron chi connectivity index (χ2n) is 3.58. The van der Waals surface area contributed by atoms with Gasteiger partial charge in [0.1, 0.15) is 0 Å². The molecule has 0 fully saturated rings. The molecule has 0 nitrogen and oxygen atoms in total. The SMILES string of the molecule is CC1(C)C=CC=CC1C(F)(F)F. The van der Waals surface area contributed by atoms with Crippen molar-refractivity contribution in [1.29, 1.82) is 0 Å². The van der Waals surface area contributed by atoms with Crippen molar-refractivity contribution in [1.82, 2.24) is 0 Å². The number of rotatable bonds is 0. The zero-order valence-electron chi connectivity index (χ0n) is 7.02. The number of hydrogen-bond acceptors (Lipinski definition) is 0. The summed E-state index contributed by atoms with van der Waals surface area (Å²) in [7, 11) is 0. The van der Waals surface area contributed by atoms with Gasteiger partial charge in [-0.25, -0.2) is 0 Å². The minimum absolute atomic E-state index is 0.812. The molecule has 0 aromatic carbocycles. The largest absolute Gasteiger partial charge is 0.395 e. The highest BCUT2D eigenvalue weighted by Crippen LogP contribution is 2.43. The van der Waals surface area contributed by atoms with Gasteiger partial charge in [0.05, 0.1) is 5.92 Å². The van der Waals surface area contributed by atoms with E-state index in [0.29, 0.717) is 0 Å². The monoisotopic (exact) mass is 176 g/mol. The average Bonchev–Trinajstić information content (AvgIpc) is 1.83. The van der Waals surface area contributed by atoms with Crippen molar-refractivity contribution in [2.45, 2.75) is 20.0 Å². The summed E-state index contributed by atoms with van der Waals surface area (Å²) in [5.74, 6) is -1.35. The number of hydrogen-bond donors (Lipinski definition) is 0. The molecule has 0 aromatic heterocycles. The normalized spacial score (nSPS) is 27.6. The lowest BCUT2D eigenvalue weighted by atomic mass is 9.76. The predicted octanol–water partition coefficient (Wildman–Crippen LogP) is 3.32. The van der Waals surface area contributed by atoms with Gasteiger partial charge in [-0.1, -0.05) is 38.2 Å². The van der Waals surface area contributed by atoms with Gasteiger partial charge >= 0.3 is 6.18 Å². The third-order valence-electron chi connectivity index (χ3n) is 2.09. The molecule has 0 heterocycles. The van der Waals surface area contributed by atoms with Crippen LogP contribution in [0.1, 0.15) is 13.8 Å². The van der Waals surface area contributed by atoms with Crippen molar-refractivity contribution in [2.75, 3.05) is 0 Å². The maximum absolute atomic E-state index is 12.4. The van der Waals surface area contributed by atoms with E-state index in [9.17, 15) is 13.2 Å². The van der Waals surface area contributed by atoms with E-state index >= 15 is 0 Å². The van der Waals surface area contributed by atoms with Crippen LogP contribution in [0.5, 0.6) is 0 Å². The van der Waals surface area contributed by atoms with Crippen molar-refractivity contribution in [3.63, 3.8) is 0 Å². The first kappa shape index (κ1) is 9.36. The zero-order valence-corrected chi connectivity index (χ0v) is 7.02. The Hall–Kier alpha value is -0.730. The fraction of sp³-hybridized carbons (Fsp3) is 0.556. The molecule has 68 valence electrons. The highest BCUT2D eigenvalue weighted by Gasteiger charge is 2.46. The molecular formula is C9H11F3. The molecule has 12 heavy (non-hydrogen) atoms. The van der Waals surface area contributed by atoms with E-state index in [4.69, 9.17) is 0 Å². The minimum Gasteiger partial charge on any atom is -0.170 e. The molecule has 1 aliphatic rings. The maximum Gasteiger partial charge on any atom is 0.395 e. The molecule has 0 N–H and O–H groups in total. The first-order valence-electron chi connectivity index (χ1n) is 3.77. The van der Waals surface area contributed by atoms with Crippen LogP contribution in [0.2, 0.25) is 0 Å². The number of allylic oxidation sites excluding steroid dienone is 4. The lowest BCUT2D eigenvalue weighted by Gasteiger charge is -2.32. The molecule has 1 aliphatic carbocycles. The summed E-state index contributed by atoms with van der Waals surface area (Å²) in [6.07, 6.45) is 1.77. The third-order valence-corrected chi connectivity index (χ3v) is 2.09. The third kappa shape index (κ3) is 1.71. The van der Waals surface area contributed by atoms with E-state index in [2.05, 4.69) is 0 Å². The Balaban J connectivity index is 2.92. The molecule has 0 spiro atoms. The van der Waals surface area contributed by atoms with Gasteiger partial charge in [0, 0.05) is 0 Å². The molecule has 0 saturated heterocycles. The average molecular weight is 176 g/mol. The van der Waals surface area contributed by atoms with Crippen LogP contribution < -0.4 is 0 Å². The van der Waals surface area contributed by atoms with E-state index in [0.717, 1.165) is 0 Å². The maximum atomic E-state index is 12.4. The molecule has 1 unspecified atom stereocenters. The van der Waals surface area contributed by atoms with Gasteiger partial charge in [-0.05, 0) is 5.41 Å². The Kier molecular flexibility index (Phi) is 2.06. The van der Waals surface area contributed by atoms with Crippen LogP contribution >= 0.6 is 0 Å². The van der Waals surface area contributed by atoms with Crippen molar-refractivity contribution in [3.05, 3.63) is 24.3 Å². The second kappa shape index (κ2) is 2.64. The van der Waals surface area contributed by atoms with Gasteiger partial charge in [-0.2, -0.15) is 13.2 Å². The van der Waals surface area contributed by atoms with Crippen LogP contribution in [-0.4, -0.2) is 6.18 Å². The lowest BCUT2D eigenvalue weighted by molar-refractivity contribution is -0.180. The van der Waals surface area contributed by atoms with Crippen LogP contribution in [0.4, 0.5) is 13.2 Å². The van der Waals surface area contributed by atoms with Gasteiger partial charge < -0.3 is 0 Å². The number of halogens is 3. The zero-order chi connectivity index (χ0) is 9.41. The van der Waals surface area contributed by atoms with Gasteiger partial charge in [-0.15, -0.1) is 0 Å². The summed E-state index contributed by atoms with van der Waals surface area (Å²) in [6.45, 7) is 3.18. The molecular weight excluding hydrogens is 165 g/mol. The summed E-state index contributed by atoms with van der Waals surface area (Å²) in [5, 5.41) is 0. The van der Waals surface area contributed by atoms with Crippen molar-refractivity contribution in [2.24, 2.45) is 11.3 Å². The Morgan fingerprint density at radius 3 is 2.08 bits per heavy atom. The molecule has 0 aliphatic heterocycles. The van der Waals surface area contributed by atoms with Crippen LogP contribution in [-0.2, 0) is 0 Å². The predicted molar refractivity (Wildman–Crippen MR) is 41.6 cm³/mol. The first-order valence-corrected chi connectivity index (χ1v) is 3.77.